The molecular formula is C12H16N2O4. The van der Waals surface area contributed by atoms with E-state index in [2.05, 4.69) is 5.32 Å². The summed E-state index contributed by atoms with van der Waals surface area (Å²) in [5.41, 5.74) is 0. The number of amides is 1. The quantitative estimate of drug-likeness (QED) is 0.826. The van der Waals surface area contributed by atoms with Crippen LogP contribution in [-0.4, -0.2) is 41.6 Å². The van der Waals surface area contributed by atoms with E-state index in [0.717, 1.165) is 13.0 Å². The van der Waals surface area contributed by atoms with Crippen LogP contribution in [0.5, 0.6) is 0 Å². The van der Waals surface area contributed by atoms with Crippen molar-refractivity contribution in [3.05, 3.63) is 24.2 Å². The summed E-state index contributed by atoms with van der Waals surface area (Å²) < 4.78 is 4.97. The number of carboxylic acid groups (broad SMARTS) is 1. The van der Waals surface area contributed by atoms with Crippen LogP contribution in [0, 0.1) is 5.92 Å². The first kappa shape index (κ1) is 12.6. The van der Waals surface area contributed by atoms with Crippen LogP contribution in [0.4, 0.5) is 0 Å². The molecule has 1 unspecified atom stereocenters. The second kappa shape index (κ2) is 5.68. The standard InChI is InChI=1S/C12H16N2O4/c15-11(10-4-2-6-18-10)13-8-14-5-1-3-9(7-14)12(16)17/h2,4,6,9H,1,3,5,7-8H2,(H,13,15)(H,16,17). The van der Waals surface area contributed by atoms with Crippen LogP contribution < -0.4 is 5.32 Å². The van der Waals surface area contributed by atoms with E-state index in [0.29, 0.717) is 19.6 Å². The van der Waals surface area contributed by atoms with E-state index < -0.39 is 5.97 Å². The molecule has 0 saturated carbocycles. The van der Waals surface area contributed by atoms with Crippen molar-refractivity contribution >= 4 is 11.9 Å². The summed E-state index contributed by atoms with van der Waals surface area (Å²) in [4.78, 5) is 24.4. The first-order chi connectivity index (χ1) is 8.66. The molecule has 2 N–H and O–H groups in total. The van der Waals surface area contributed by atoms with E-state index in [1.165, 1.54) is 6.26 Å². The zero-order valence-corrected chi connectivity index (χ0v) is 9.96. The Morgan fingerprint density at radius 2 is 2.39 bits per heavy atom. The third kappa shape index (κ3) is 3.10. The number of carboxylic acids is 1. The molecule has 0 radical (unpaired) electrons. The first-order valence-electron chi connectivity index (χ1n) is 5.93. The molecule has 0 bridgehead atoms. The summed E-state index contributed by atoms with van der Waals surface area (Å²) >= 11 is 0. The van der Waals surface area contributed by atoms with Crippen LogP contribution in [0.1, 0.15) is 23.4 Å². The van der Waals surface area contributed by atoms with Gasteiger partial charge >= 0.3 is 5.97 Å². The lowest BCUT2D eigenvalue weighted by Crippen LogP contribution is -2.44. The van der Waals surface area contributed by atoms with E-state index >= 15 is 0 Å². The predicted octanol–water partition coefficient (Wildman–Crippen LogP) is 0.763. The van der Waals surface area contributed by atoms with Gasteiger partial charge in [-0.25, -0.2) is 0 Å². The van der Waals surface area contributed by atoms with Crippen molar-refractivity contribution in [3.8, 4) is 0 Å². The van der Waals surface area contributed by atoms with E-state index in [9.17, 15) is 9.59 Å². The zero-order valence-electron chi connectivity index (χ0n) is 9.96. The van der Waals surface area contributed by atoms with Crippen molar-refractivity contribution in [2.75, 3.05) is 19.8 Å². The average Bonchev–Trinajstić information content (AvgIpc) is 2.90. The Hall–Kier alpha value is -1.82. The number of carbonyl (C=O) groups is 2. The molecule has 6 nitrogen and oxygen atoms in total. The van der Waals surface area contributed by atoms with Gasteiger partial charge in [-0.05, 0) is 31.5 Å². The molecule has 1 atom stereocenters. The molecule has 98 valence electrons. The molecule has 0 spiro atoms. The largest absolute Gasteiger partial charge is 0.481 e. The number of furan rings is 1. The molecule has 0 aromatic carbocycles. The van der Waals surface area contributed by atoms with Crippen molar-refractivity contribution in [2.45, 2.75) is 12.8 Å². The molecule has 1 aromatic rings. The molecule has 1 amide bonds. The summed E-state index contributed by atoms with van der Waals surface area (Å²) in [6.07, 6.45) is 2.99. The van der Waals surface area contributed by atoms with E-state index in [1.807, 2.05) is 4.90 Å². The molecule has 0 aliphatic carbocycles. The Balaban J connectivity index is 1.80. The molecule has 2 rings (SSSR count). The lowest BCUT2D eigenvalue weighted by atomic mass is 9.99. The third-order valence-electron chi connectivity index (χ3n) is 3.06. The number of carbonyl (C=O) groups excluding carboxylic acids is 1. The fourth-order valence-electron chi connectivity index (χ4n) is 2.08. The van der Waals surface area contributed by atoms with Gasteiger partial charge in [0.15, 0.2) is 5.76 Å². The number of hydrogen-bond donors (Lipinski definition) is 2. The van der Waals surface area contributed by atoms with Crippen LogP contribution in [0.2, 0.25) is 0 Å². The maximum absolute atomic E-state index is 11.6. The third-order valence-corrected chi connectivity index (χ3v) is 3.06. The molecular weight excluding hydrogens is 236 g/mol. The lowest BCUT2D eigenvalue weighted by molar-refractivity contribution is -0.143. The van der Waals surface area contributed by atoms with Gasteiger partial charge < -0.3 is 14.8 Å². The highest BCUT2D eigenvalue weighted by atomic mass is 16.4. The molecule has 1 aromatic heterocycles. The van der Waals surface area contributed by atoms with Crippen LogP contribution >= 0.6 is 0 Å². The van der Waals surface area contributed by atoms with Gasteiger partial charge in [0.2, 0.25) is 0 Å². The van der Waals surface area contributed by atoms with E-state index in [-0.39, 0.29) is 17.6 Å². The van der Waals surface area contributed by atoms with Gasteiger partial charge in [-0.2, -0.15) is 0 Å². The van der Waals surface area contributed by atoms with Crippen molar-refractivity contribution in [3.63, 3.8) is 0 Å². The SMILES string of the molecule is O=C(NCN1CCCC(C(=O)O)C1)c1ccco1. The fraction of sp³-hybridized carbons (Fsp3) is 0.500. The number of aliphatic carboxylic acids is 1. The minimum absolute atomic E-state index is 0.266. The number of nitrogens with one attached hydrogen (secondary N) is 1. The number of nitrogens with zero attached hydrogens (tertiary/aromatic N) is 1. The Kier molecular flexibility index (Phi) is 3.99. The minimum atomic E-state index is -0.767. The smallest absolute Gasteiger partial charge is 0.307 e. The minimum Gasteiger partial charge on any atom is -0.481 e. The maximum Gasteiger partial charge on any atom is 0.307 e. The van der Waals surface area contributed by atoms with Crippen LogP contribution in [0.15, 0.2) is 22.8 Å². The molecule has 2 heterocycles. The average molecular weight is 252 g/mol. The Bertz CT molecular complexity index is 416. The summed E-state index contributed by atoms with van der Waals surface area (Å²) in [6.45, 7) is 1.64. The van der Waals surface area contributed by atoms with Gasteiger partial charge in [0.1, 0.15) is 0 Å². The molecule has 1 aliphatic heterocycles. The molecule has 6 heteroatoms. The van der Waals surface area contributed by atoms with Crippen molar-refractivity contribution in [2.24, 2.45) is 5.92 Å². The Labute approximate surface area is 105 Å². The van der Waals surface area contributed by atoms with Gasteiger partial charge in [0.25, 0.3) is 5.91 Å². The van der Waals surface area contributed by atoms with Crippen LogP contribution in [-0.2, 0) is 4.79 Å². The highest BCUT2D eigenvalue weighted by Crippen LogP contribution is 2.15. The Morgan fingerprint density at radius 1 is 1.56 bits per heavy atom. The van der Waals surface area contributed by atoms with Crippen molar-refractivity contribution in [1.29, 1.82) is 0 Å². The van der Waals surface area contributed by atoms with E-state index in [4.69, 9.17) is 9.52 Å². The second-order valence-electron chi connectivity index (χ2n) is 4.40. The first-order valence-corrected chi connectivity index (χ1v) is 5.93. The molecule has 1 saturated heterocycles. The highest BCUT2D eigenvalue weighted by molar-refractivity contribution is 5.91. The number of likely N-dealkylation sites (tertiary alicyclic amines) is 1. The summed E-state index contributed by atoms with van der Waals surface area (Å²) in [5, 5.41) is 11.7. The van der Waals surface area contributed by atoms with E-state index in [1.54, 1.807) is 12.1 Å². The topological polar surface area (TPSA) is 82.8 Å². The lowest BCUT2D eigenvalue weighted by Gasteiger charge is -2.30. The van der Waals surface area contributed by atoms with Gasteiger partial charge in [-0.3, -0.25) is 14.5 Å². The summed E-state index contributed by atoms with van der Waals surface area (Å²) in [5.74, 6) is -1.12. The zero-order chi connectivity index (χ0) is 13.0. The monoisotopic (exact) mass is 252 g/mol. The second-order valence-corrected chi connectivity index (χ2v) is 4.40. The van der Waals surface area contributed by atoms with Gasteiger partial charge in [0.05, 0.1) is 18.8 Å². The van der Waals surface area contributed by atoms with Gasteiger partial charge in [-0.1, -0.05) is 0 Å². The molecule has 1 fully saturated rings. The highest BCUT2D eigenvalue weighted by Gasteiger charge is 2.25. The van der Waals surface area contributed by atoms with Crippen molar-refractivity contribution in [1.82, 2.24) is 10.2 Å². The molecule has 1 aliphatic rings. The van der Waals surface area contributed by atoms with Gasteiger partial charge in [0, 0.05) is 6.54 Å². The number of piperidine rings is 1. The normalized spacial score (nSPS) is 20.6. The summed E-state index contributed by atoms with van der Waals surface area (Å²) in [6, 6.07) is 3.24. The van der Waals surface area contributed by atoms with Crippen LogP contribution in [0.25, 0.3) is 0 Å². The number of rotatable bonds is 4. The predicted molar refractivity (Wildman–Crippen MR) is 63.0 cm³/mol. The van der Waals surface area contributed by atoms with Gasteiger partial charge in [-0.15, -0.1) is 0 Å². The number of hydrogen-bond acceptors (Lipinski definition) is 4. The summed E-state index contributed by atoms with van der Waals surface area (Å²) in [7, 11) is 0. The van der Waals surface area contributed by atoms with Crippen molar-refractivity contribution < 1.29 is 19.1 Å². The Morgan fingerprint density at radius 3 is 3.06 bits per heavy atom. The molecule has 18 heavy (non-hydrogen) atoms. The fourth-order valence-corrected chi connectivity index (χ4v) is 2.08. The maximum atomic E-state index is 11.6. The van der Waals surface area contributed by atoms with Crippen LogP contribution in [0.3, 0.4) is 0 Å².